The molecule has 1 fully saturated rings. The number of halogens is 1. The molecule has 0 unspecified atom stereocenters. The molecule has 0 atom stereocenters. The Labute approximate surface area is 178 Å². The molecule has 2 rings (SSSR count). The van der Waals surface area contributed by atoms with E-state index < -0.39 is 11.6 Å². The van der Waals surface area contributed by atoms with E-state index in [-0.39, 0.29) is 31.0 Å². The molecule has 1 aromatic rings. The van der Waals surface area contributed by atoms with Crippen molar-refractivity contribution >= 4 is 34.9 Å². The Morgan fingerprint density at radius 3 is 2.31 bits per heavy atom. The fourth-order valence-electron chi connectivity index (χ4n) is 3.27. The monoisotopic (exact) mass is 422 g/mol. The van der Waals surface area contributed by atoms with Crippen LogP contribution in [0.25, 0.3) is 0 Å². The molecule has 1 amide bonds. The van der Waals surface area contributed by atoms with Crippen LogP contribution in [0, 0.1) is 0 Å². The number of hydrogen-bond acceptors (Lipinski definition) is 5. The van der Waals surface area contributed by atoms with E-state index in [1.165, 1.54) is 0 Å². The van der Waals surface area contributed by atoms with Crippen LogP contribution < -0.4 is 4.90 Å². The highest BCUT2D eigenvalue weighted by Gasteiger charge is 2.23. The number of carbonyl (C=O) groups excluding carboxylic acids is 3. The zero-order valence-electron chi connectivity index (χ0n) is 17.8. The van der Waals surface area contributed by atoms with E-state index in [2.05, 4.69) is 17.9 Å². The molecule has 0 saturated carbocycles. The van der Waals surface area contributed by atoms with Crippen molar-refractivity contribution in [1.82, 2.24) is 4.90 Å². The van der Waals surface area contributed by atoms with E-state index in [1.54, 1.807) is 25.7 Å². The second kappa shape index (κ2) is 10.1. The summed E-state index contributed by atoms with van der Waals surface area (Å²) >= 11 is 6.20. The van der Waals surface area contributed by atoms with E-state index in [9.17, 15) is 14.4 Å². The molecule has 7 heteroatoms. The molecule has 0 aromatic heterocycles. The lowest BCUT2D eigenvalue weighted by Crippen LogP contribution is -2.48. The summed E-state index contributed by atoms with van der Waals surface area (Å²) < 4.78 is 5.14. The highest BCUT2D eigenvalue weighted by atomic mass is 35.5. The molecule has 0 aliphatic carbocycles. The van der Waals surface area contributed by atoms with E-state index in [1.807, 2.05) is 12.1 Å². The van der Waals surface area contributed by atoms with Crippen molar-refractivity contribution in [2.24, 2.45) is 0 Å². The summed E-state index contributed by atoms with van der Waals surface area (Å²) in [6.45, 7) is 10.0. The van der Waals surface area contributed by atoms with Gasteiger partial charge in [0.15, 0.2) is 0 Å². The van der Waals surface area contributed by atoms with Crippen LogP contribution in [0.5, 0.6) is 0 Å². The maximum atomic E-state index is 12.4. The molecule has 6 nitrogen and oxygen atoms in total. The number of ketones is 1. The number of rotatable bonds is 7. The fraction of sp³-hybridized carbons (Fsp3) is 0.591. The maximum Gasteiger partial charge on any atom is 0.313 e. The van der Waals surface area contributed by atoms with Gasteiger partial charge in [0.2, 0.25) is 5.91 Å². The molecule has 1 saturated heterocycles. The highest BCUT2D eigenvalue weighted by Crippen LogP contribution is 2.24. The van der Waals surface area contributed by atoms with Gasteiger partial charge in [-0.15, -0.1) is 0 Å². The molecule has 1 aromatic carbocycles. The van der Waals surface area contributed by atoms with Gasteiger partial charge < -0.3 is 14.5 Å². The van der Waals surface area contributed by atoms with Gasteiger partial charge in [-0.05, 0) is 51.0 Å². The summed E-state index contributed by atoms with van der Waals surface area (Å²) in [5.41, 5.74) is 1.62. The SMILES string of the molecule is CCc1cc(N2CCN(C(=O)CCC(=O)CC(=O)OC(C)(C)C)CC2)ccc1Cl. The van der Waals surface area contributed by atoms with Crippen molar-refractivity contribution in [3.05, 3.63) is 28.8 Å². The lowest BCUT2D eigenvalue weighted by molar-refractivity contribution is -0.156. The number of Topliss-reactive ketones (excluding diaryl/α,β-unsaturated/α-hetero) is 1. The third kappa shape index (κ3) is 7.35. The van der Waals surface area contributed by atoms with Crippen LogP contribution in [0.1, 0.15) is 52.5 Å². The molecular weight excluding hydrogens is 392 g/mol. The van der Waals surface area contributed by atoms with Crippen LogP contribution in [0.15, 0.2) is 18.2 Å². The van der Waals surface area contributed by atoms with Crippen molar-refractivity contribution in [2.45, 2.75) is 59.0 Å². The minimum absolute atomic E-state index is 0.0486. The largest absolute Gasteiger partial charge is 0.460 e. The Morgan fingerprint density at radius 1 is 1.07 bits per heavy atom. The molecule has 0 spiro atoms. The van der Waals surface area contributed by atoms with E-state index in [4.69, 9.17) is 16.3 Å². The molecule has 0 N–H and O–H groups in total. The lowest BCUT2D eigenvalue weighted by atomic mass is 10.1. The van der Waals surface area contributed by atoms with Crippen molar-refractivity contribution in [3.8, 4) is 0 Å². The molecule has 160 valence electrons. The topological polar surface area (TPSA) is 66.9 Å². The minimum atomic E-state index is -0.616. The van der Waals surface area contributed by atoms with Gasteiger partial charge in [-0.3, -0.25) is 14.4 Å². The number of hydrogen-bond donors (Lipinski definition) is 0. The molecular formula is C22H31ClN2O4. The number of anilines is 1. The average Bonchev–Trinajstić information content (AvgIpc) is 2.65. The Bertz CT molecular complexity index is 750. The molecule has 1 heterocycles. The van der Waals surface area contributed by atoms with E-state index in [0.717, 1.165) is 35.8 Å². The van der Waals surface area contributed by atoms with Gasteiger partial charge >= 0.3 is 5.97 Å². The molecule has 0 bridgehead atoms. The van der Waals surface area contributed by atoms with Crippen LogP contribution in [-0.2, 0) is 25.5 Å². The van der Waals surface area contributed by atoms with Crippen LogP contribution in [0.2, 0.25) is 5.02 Å². The second-order valence-corrected chi connectivity index (χ2v) is 8.71. The van der Waals surface area contributed by atoms with E-state index in [0.29, 0.717) is 13.1 Å². The van der Waals surface area contributed by atoms with Crippen LogP contribution >= 0.6 is 11.6 Å². The molecule has 0 radical (unpaired) electrons. The Kier molecular flexibility index (Phi) is 8.08. The first-order valence-corrected chi connectivity index (χ1v) is 10.5. The van der Waals surface area contributed by atoms with Crippen molar-refractivity contribution in [1.29, 1.82) is 0 Å². The third-order valence-electron chi connectivity index (χ3n) is 4.79. The van der Waals surface area contributed by atoms with Gasteiger partial charge in [-0.25, -0.2) is 0 Å². The highest BCUT2D eigenvalue weighted by molar-refractivity contribution is 6.31. The summed E-state index contributed by atoms with van der Waals surface area (Å²) in [5.74, 6) is -0.856. The average molecular weight is 423 g/mol. The van der Waals surface area contributed by atoms with Crippen LogP contribution in [0.3, 0.4) is 0 Å². The number of nitrogens with zero attached hydrogens (tertiary/aromatic N) is 2. The normalized spacial score (nSPS) is 14.7. The first-order valence-electron chi connectivity index (χ1n) is 10.1. The zero-order valence-corrected chi connectivity index (χ0v) is 18.6. The predicted molar refractivity (Wildman–Crippen MR) is 114 cm³/mol. The summed E-state index contributed by atoms with van der Waals surface area (Å²) in [7, 11) is 0. The number of amides is 1. The van der Waals surface area contributed by atoms with Crippen molar-refractivity contribution < 1.29 is 19.1 Å². The molecule has 1 aliphatic heterocycles. The van der Waals surface area contributed by atoms with Crippen molar-refractivity contribution in [3.63, 3.8) is 0 Å². The fourth-order valence-corrected chi connectivity index (χ4v) is 3.53. The first-order chi connectivity index (χ1) is 13.6. The Morgan fingerprint density at radius 2 is 1.72 bits per heavy atom. The Hall–Kier alpha value is -2.08. The van der Waals surface area contributed by atoms with Crippen LogP contribution in [-0.4, -0.2) is 54.3 Å². The number of esters is 1. The number of piperazine rings is 1. The number of carbonyl (C=O) groups is 3. The van der Waals surface area contributed by atoms with Gasteiger partial charge in [0.05, 0.1) is 0 Å². The number of aryl methyl sites for hydroxylation is 1. The summed E-state index contributed by atoms with van der Waals surface area (Å²) in [6.07, 6.45) is 0.787. The third-order valence-corrected chi connectivity index (χ3v) is 5.16. The van der Waals surface area contributed by atoms with Crippen LogP contribution in [0.4, 0.5) is 5.69 Å². The van der Waals surface area contributed by atoms with Gasteiger partial charge in [0.1, 0.15) is 17.8 Å². The van der Waals surface area contributed by atoms with Crippen molar-refractivity contribution in [2.75, 3.05) is 31.1 Å². The van der Waals surface area contributed by atoms with E-state index >= 15 is 0 Å². The summed E-state index contributed by atoms with van der Waals surface area (Å²) in [4.78, 5) is 40.1. The Balaban J connectivity index is 1.77. The molecule has 1 aliphatic rings. The predicted octanol–water partition coefficient (Wildman–Crippen LogP) is 3.63. The summed E-state index contributed by atoms with van der Waals surface area (Å²) in [5, 5.41) is 0.779. The standard InChI is InChI=1S/C22H31ClN2O4/c1-5-16-14-17(6-8-19(16)23)24-10-12-25(13-11-24)20(27)9-7-18(26)15-21(28)29-22(2,3)4/h6,8,14H,5,7,9-13,15H2,1-4H3. The smallest absolute Gasteiger partial charge is 0.313 e. The first kappa shape index (κ1) is 23.2. The second-order valence-electron chi connectivity index (χ2n) is 8.30. The van der Waals surface area contributed by atoms with Gasteiger partial charge in [-0.2, -0.15) is 0 Å². The lowest BCUT2D eigenvalue weighted by Gasteiger charge is -2.36. The molecule has 29 heavy (non-hydrogen) atoms. The van der Waals surface area contributed by atoms with Gasteiger partial charge in [0.25, 0.3) is 0 Å². The quantitative estimate of drug-likeness (QED) is 0.495. The zero-order chi connectivity index (χ0) is 21.6. The number of ether oxygens (including phenoxy) is 1. The number of benzene rings is 1. The van der Waals surface area contributed by atoms with Gasteiger partial charge in [0, 0.05) is 49.7 Å². The van der Waals surface area contributed by atoms with Gasteiger partial charge in [-0.1, -0.05) is 18.5 Å². The summed E-state index contributed by atoms with van der Waals surface area (Å²) in [6, 6.07) is 6.03. The maximum absolute atomic E-state index is 12.4. The minimum Gasteiger partial charge on any atom is -0.460 e.